The molecule has 2 aromatic rings. The van der Waals surface area contributed by atoms with Crippen LogP contribution in [0, 0.1) is 0 Å². The zero-order valence-corrected chi connectivity index (χ0v) is 13.5. The average molecular weight is 307 g/mol. The molecule has 0 fully saturated rings. The third kappa shape index (κ3) is 4.57. The molecule has 0 radical (unpaired) electrons. The second kappa shape index (κ2) is 7.95. The van der Waals surface area contributed by atoms with Crippen LogP contribution in [0.15, 0.2) is 16.7 Å². The maximum atomic E-state index is 9.00. The quantitative estimate of drug-likeness (QED) is 0.682. The Morgan fingerprint density at radius 2 is 2.18 bits per heavy atom. The number of unbranched alkanes of at least 4 members (excludes halogenated alkanes) is 1. The molecule has 0 atom stereocenters. The molecule has 0 aliphatic carbocycles. The zero-order valence-electron chi connectivity index (χ0n) is 13.5. The van der Waals surface area contributed by atoms with Crippen LogP contribution in [0.25, 0.3) is 0 Å². The summed E-state index contributed by atoms with van der Waals surface area (Å²) in [4.78, 5) is 6.33. The van der Waals surface area contributed by atoms with Gasteiger partial charge >= 0.3 is 0 Å². The van der Waals surface area contributed by atoms with E-state index >= 15 is 0 Å². The first-order valence-corrected chi connectivity index (χ1v) is 7.54. The van der Waals surface area contributed by atoms with Crippen molar-refractivity contribution in [2.24, 2.45) is 7.05 Å². The van der Waals surface area contributed by atoms with Crippen molar-refractivity contribution >= 4 is 5.95 Å². The minimum absolute atomic E-state index is 0.136. The fourth-order valence-corrected chi connectivity index (χ4v) is 2.34. The van der Waals surface area contributed by atoms with Gasteiger partial charge in [0.15, 0.2) is 5.82 Å². The lowest BCUT2D eigenvalue weighted by atomic mass is 10.1. The molecule has 0 aliphatic heterocycles. The van der Waals surface area contributed by atoms with Gasteiger partial charge in [-0.15, -0.1) is 0 Å². The molecule has 22 heavy (non-hydrogen) atoms. The van der Waals surface area contributed by atoms with Gasteiger partial charge in [0, 0.05) is 32.1 Å². The molecule has 0 aliphatic rings. The summed E-state index contributed by atoms with van der Waals surface area (Å²) in [7, 11) is 5.93. The van der Waals surface area contributed by atoms with Gasteiger partial charge in [-0.25, -0.2) is 4.68 Å². The van der Waals surface area contributed by atoms with Crippen LogP contribution in [0.4, 0.5) is 5.95 Å². The van der Waals surface area contributed by atoms with Gasteiger partial charge in [-0.3, -0.25) is 0 Å². The van der Waals surface area contributed by atoms with Crippen molar-refractivity contribution in [2.45, 2.75) is 32.4 Å². The Morgan fingerprint density at radius 3 is 2.86 bits per heavy atom. The van der Waals surface area contributed by atoms with E-state index in [1.807, 2.05) is 13.1 Å². The summed E-state index contributed by atoms with van der Waals surface area (Å²) < 4.78 is 7.21. The monoisotopic (exact) mass is 307 g/mol. The van der Waals surface area contributed by atoms with Crippen LogP contribution < -0.4 is 5.32 Å². The number of hydrogen-bond donors (Lipinski definition) is 2. The molecule has 122 valence electrons. The summed E-state index contributed by atoms with van der Waals surface area (Å²) in [5.74, 6) is 2.21. The second-order valence-corrected chi connectivity index (χ2v) is 5.62. The van der Waals surface area contributed by atoms with Crippen molar-refractivity contribution in [1.82, 2.24) is 19.7 Å². The van der Waals surface area contributed by atoms with Gasteiger partial charge < -0.3 is 19.7 Å². The molecule has 2 rings (SSSR count). The van der Waals surface area contributed by atoms with Crippen LogP contribution in [-0.4, -0.2) is 45.4 Å². The van der Waals surface area contributed by atoms with E-state index in [2.05, 4.69) is 34.4 Å². The molecule has 0 saturated carbocycles. The number of rotatable bonds is 9. The summed E-state index contributed by atoms with van der Waals surface area (Å²) in [5.41, 5.74) is 1.26. The summed E-state index contributed by atoms with van der Waals surface area (Å²) in [6.45, 7) is 1.59. The lowest BCUT2D eigenvalue weighted by Crippen LogP contribution is -2.11. The van der Waals surface area contributed by atoms with E-state index in [0.29, 0.717) is 11.8 Å². The highest BCUT2D eigenvalue weighted by Crippen LogP contribution is 2.15. The molecule has 0 saturated heterocycles. The first kappa shape index (κ1) is 16.5. The summed E-state index contributed by atoms with van der Waals surface area (Å²) >= 11 is 0. The van der Waals surface area contributed by atoms with Crippen LogP contribution in [-0.2, 0) is 26.6 Å². The van der Waals surface area contributed by atoms with Crippen molar-refractivity contribution in [3.8, 4) is 0 Å². The molecular weight excluding hydrogens is 282 g/mol. The Labute approximate surface area is 130 Å². The largest absolute Gasteiger partial charge is 0.469 e. The third-order valence-electron chi connectivity index (χ3n) is 3.39. The minimum Gasteiger partial charge on any atom is -0.469 e. The van der Waals surface area contributed by atoms with Crippen molar-refractivity contribution in [1.29, 1.82) is 0 Å². The number of aromatic nitrogens is 3. The van der Waals surface area contributed by atoms with E-state index in [1.54, 1.807) is 10.9 Å². The molecule has 2 N–H and O–H groups in total. The highest BCUT2D eigenvalue weighted by Gasteiger charge is 2.08. The number of nitrogens with zero attached hydrogens (tertiary/aromatic N) is 4. The van der Waals surface area contributed by atoms with E-state index in [9.17, 15) is 0 Å². The van der Waals surface area contributed by atoms with Crippen molar-refractivity contribution in [2.75, 3.05) is 26.0 Å². The number of aliphatic hydroxyl groups excluding tert-OH is 1. The summed E-state index contributed by atoms with van der Waals surface area (Å²) in [6, 6.07) is 2.05. The summed E-state index contributed by atoms with van der Waals surface area (Å²) in [6.07, 6.45) is 4.77. The topological polar surface area (TPSA) is 79.3 Å². The first-order chi connectivity index (χ1) is 10.6. The maximum absolute atomic E-state index is 9.00. The molecule has 0 unspecified atom stereocenters. The number of aliphatic hydroxyl groups is 1. The molecule has 0 spiro atoms. The number of nitrogens with one attached hydrogen (secondary N) is 1. The normalized spacial score (nSPS) is 11.3. The molecule has 2 heterocycles. The Kier molecular flexibility index (Phi) is 5.97. The van der Waals surface area contributed by atoms with Crippen LogP contribution >= 0.6 is 0 Å². The lowest BCUT2D eigenvalue weighted by Gasteiger charge is -2.09. The standard InChI is InChI=1S/C15H25N5O2/c1-19(2)10-12-7-9-22-13(12)6-4-5-8-16-15-17-14(11-21)18-20(15)3/h7,9,21H,4-6,8,10-11H2,1-3H3,(H,16,17,18). The van der Waals surface area contributed by atoms with Gasteiger partial charge in [0.25, 0.3) is 0 Å². The van der Waals surface area contributed by atoms with Crippen LogP contribution in [0.3, 0.4) is 0 Å². The van der Waals surface area contributed by atoms with Gasteiger partial charge in [-0.1, -0.05) is 0 Å². The van der Waals surface area contributed by atoms with Gasteiger partial charge in [0.2, 0.25) is 5.95 Å². The van der Waals surface area contributed by atoms with Gasteiger partial charge in [-0.05, 0) is 33.0 Å². The van der Waals surface area contributed by atoms with Gasteiger partial charge in [0.1, 0.15) is 12.4 Å². The smallest absolute Gasteiger partial charge is 0.221 e. The molecule has 0 bridgehead atoms. The average Bonchev–Trinajstić information content (AvgIpc) is 3.05. The Balaban J connectivity index is 1.71. The van der Waals surface area contributed by atoms with E-state index in [1.165, 1.54) is 5.56 Å². The van der Waals surface area contributed by atoms with Gasteiger partial charge in [0.05, 0.1) is 6.26 Å². The predicted molar refractivity (Wildman–Crippen MR) is 84.5 cm³/mol. The van der Waals surface area contributed by atoms with Crippen molar-refractivity contribution in [3.63, 3.8) is 0 Å². The fraction of sp³-hybridized carbons (Fsp3) is 0.600. The highest BCUT2D eigenvalue weighted by molar-refractivity contribution is 5.24. The predicted octanol–water partition coefficient (Wildman–Crippen LogP) is 1.40. The Bertz CT molecular complexity index is 576. The molecule has 0 aromatic carbocycles. The van der Waals surface area contributed by atoms with E-state index in [0.717, 1.165) is 38.1 Å². The lowest BCUT2D eigenvalue weighted by molar-refractivity contribution is 0.271. The van der Waals surface area contributed by atoms with E-state index < -0.39 is 0 Å². The van der Waals surface area contributed by atoms with Crippen LogP contribution in [0.5, 0.6) is 0 Å². The molecule has 7 heteroatoms. The Hall–Kier alpha value is -1.86. The molecular formula is C15H25N5O2. The number of anilines is 1. The van der Waals surface area contributed by atoms with E-state index in [4.69, 9.17) is 9.52 Å². The summed E-state index contributed by atoms with van der Waals surface area (Å²) in [5, 5.41) is 16.3. The second-order valence-electron chi connectivity index (χ2n) is 5.62. The number of aryl methyl sites for hydroxylation is 2. The fourth-order valence-electron chi connectivity index (χ4n) is 2.34. The first-order valence-electron chi connectivity index (χ1n) is 7.54. The maximum Gasteiger partial charge on any atom is 0.221 e. The van der Waals surface area contributed by atoms with E-state index in [-0.39, 0.29) is 6.61 Å². The number of furan rings is 1. The molecule has 7 nitrogen and oxygen atoms in total. The van der Waals surface area contributed by atoms with Crippen molar-refractivity contribution in [3.05, 3.63) is 29.5 Å². The zero-order chi connectivity index (χ0) is 15.9. The third-order valence-corrected chi connectivity index (χ3v) is 3.39. The SMILES string of the molecule is CN(C)Cc1ccoc1CCCCNc1nc(CO)nn1C. The Morgan fingerprint density at radius 1 is 1.36 bits per heavy atom. The number of hydrogen-bond acceptors (Lipinski definition) is 6. The van der Waals surface area contributed by atoms with Crippen LogP contribution in [0.1, 0.15) is 30.0 Å². The minimum atomic E-state index is -0.136. The van der Waals surface area contributed by atoms with Gasteiger partial charge in [-0.2, -0.15) is 10.1 Å². The van der Waals surface area contributed by atoms with Crippen molar-refractivity contribution < 1.29 is 9.52 Å². The molecule has 2 aromatic heterocycles. The highest BCUT2D eigenvalue weighted by atomic mass is 16.3. The van der Waals surface area contributed by atoms with Crippen LogP contribution in [0.2, 0.25) is 0 Å². The molecule has 0 amide bonds.